The Kier molecular flexibility index (Phi) is 6.24. The minimum Gasteiger partial charge on any atom is -0.444 e. The number of nitrogens with zero attached hydrogens (tertiary/aromatic N) is 2. The van der Waals surface area contributed by atoms with Crippen LogP contribution in [0.4, 0.5) is 9.59 Å². The average molecular weight is 216 g/mol. The second-order valence-electron chi connectivity index (χ2n) is 3.24. The van der Waals surface area contributed by atoms with Crippen LogP contribution in [0.2, 0.25) is 0 Å². The topological polar surface area (TPSA) is 77.3 Å². The molecule has 0 radical (unpaired) electrons. The Balaban J connectivity index is 3.95. The van der Waals surface area contributed by atoms with E-state index in [9.17, 15) is 9.59 Å². The predicted molar refractivity (Wildman–Crippen MR) is 52.7 cm³/mol. The smallest absolute Gasteiger partial charge is 0.444 e. The molecule has 0 aliphatic heterocycles. The number of carbonyl (C=O) groups excluding carboxylic acids is 2. The Labute approximate surface area is 88.7 Å². The SMILES string of the molecule is CCC(C)OC(=O)/N=N/C(=O)OC(C)C. The third kappa shape index (κ3) is 7.60. The van der Waals surface area contributed by atoms with Crippen molar-refractivity contribution in [1.29, 1.82) is 0 Å². The van der Waals surface area contributed by atoms with Gasteiger partial charge in [-0.2, -0.15) is 0 Å². The van der Waals surface area contributed by atoms with E-state index < -0.39 is 12.2 Å². The van der Waals surface area contributed by atoms with Gasteiger partial charge in [-0.3, -0.25) is 0 Å². The second kappa shape index (κ2) is 6.92. The van der Waals surface area contributed by atoms with Gasteiger partial charge in [0, 0.05) is 0 Å². The van der Waals surface area contributed by atoms with Crippen LogP contribution in [0, 0.1) is 0 Å². The quantitative estimate of drug-likeness (QED) is 0.679. The largest absolute Gasteiger partial charge is 0.452 e. The van der Waals surface area contributed by atoms with Crippen molar-refractivity contribution in [1.82, 2.24) is 0 Å². The molecule has 15 heavy (non-hydrogen) atoms. The molecule has 0 aromatic heterocycles. The fourth-order valence-electron chi connectivity index (χ4n) is 0.586. The number of ether oxygens (including phenoxy) is 2. The van der Waals surface area contributed by atoms with Crippen LogP contribution in [0.1, 0.15) is 34.1 Å². The molecule has 0 aliphatic carbocycles. The third-order valence-corrected chi connectivity index (χ3v) is 1.43. The minimum atomic E-state index is -0.897. The molecule has 0 heterocycles. The van der Waals surface area contributed by atoms with Crippen molar-refractivity contribution in [3.8, 4) is 0 Å². The van der Waals surface area contributed by atoms with Crippen molar-refractivity contribution in [2.45, 2.75) is 46.3 Å². The van der Waals surface area contributed by atoms with Crippen LogP contribution in [0.3, 0.4) is 0 Å². The zero-order chi connectivity index (χ0) is 11.8. The van der Waals surface area contributed by atoms with Gasteiger partial charge in [-0.05, 0) is 27.2 Å². The van der Waals surface area contributed by atoms with E-state index in [1.165, 1.54) is 0 Å². The van der Waals surface area contributed by atoms with Crippen LogP contribution in [-0.2, 0) is 9.47 Å². The van der Waals surface area contributed by atoms with Crippen LogP contribution in [-0.4, -0.2) is 24.4 Å². The molecule has 0 spiro atoms. The van der Waals surface area contributed by atoms with Crippen LogP contribution in [0.15, 0.2) is 10.2 Å². The molecule has 0 aromatic carbocycles. The Morgan fingerprint density at radius 3 is 1.93 bits per heavy atom. The summed E-state index contributed by atoms with van der Waals surface area (Å²) in [7, 11) is 0. The highest BCUT2D eigenvalue weighted by Crippen LogP contribution is 1.99. The molecule has 86 valence electrons. The molecule has 0 rings (SSSR count). The fraction of sp³-hybridized carbons (Fsp3) is 0.778. The van der Waals surface area contributed by atoms with Gasteiger partial charge in [-0.25, -0.2) is 9.59 Å². The van der Waals surface area contributed by atoms with Gasteiger partial charge in [0.15, 0.2) is 0 Å². The lowest BCUT2D eigenvalue weighted by molar-refractivity contribution is 0.108. The van der Waals surface area contributed by atoms with Crippen molar-refractivity contribution >= 4 is 12.2 Å². The fourth-order valence-corrected chi connectivity index (χ4v) is 0.586. The molecule has 6 nitrogen and oxygen atoms in total. The Morgan fingerprint density at radius 2 is 1.53 bits per heavy atom. The molecule has 1 atom stereocenters. The van der Waals surface area contributed by atoms with Gasteiger partial charge in [0.1, 0.15) is 6.10 Å². The Morgan fingerprint density at radius 1 is 1.07 bits per heavy atom. The summed E-state index contributed by atoms with van der Waals surface area (Å²) in [5.41, 5.74) is 0. The highest BCUT2D eigenvalue weighted by molar-refractivity contribution is 5.73. The zero-order valence-electron chi connectivity index (χ0n) is 9.39. The molecule has 0 aromatic rings. The van der Waals surface area contributed by atoms with Gasteiger partial charge < -0.3 is 9.47 Å². The summed E-state index contributed by atoms with van der Waals surface area (Å²) in [6, 6.07) is 0. The average Bonchev–Trinajstić information content (AvgIpc) is 2.13. The molecular weight excluding hydrogens is 200 g/mol. The molecule has 0 saturated heterocycles. The van der Waals surface area contributed by atoms with Gasteiger partial charge in [-0.15, -0.1) is 0 Å². The standard InChI is InChI=1S/C9H16N2O4/c1-5-7(4)15-9(13)11-10-8(12)14-6(2)3/h6-7H,5H2,1-4H3/b11-10+. The molecule has 2 amide bonds. The molecule has 0 N–H and O–H groups in total. The molecule has 0 fully saturated rings. The Hall–Kier alpha value is -1.46. The van der Waals surface area contributed by atoms with E-state index in [2.05, 4.69) is 15.0 Å². The summed E-state index contributed by atoms with van der Waals surface area (Å²) in [6.45, 7) is 6.93. The van der Waals surface area contributed by atoms with Gasteiger partial charge >= 0.3 is 12.2 Å². The van der Waals surface area contributed by atoms with Crippen LogP contribution in [0.25, 0.3) is 0 Å². The predicted octanol–water partition coefficient (Wildman–Crippen LogP) is 2.92. The lowest BCUT2D eigenvalue weighted by atomic mass is 10.3. The monoisotopic (exact) mass is 216 g/mol. The maximum absolute atomic E-state index is 10.9. The molecule has 1 unspecified atom stereocenters. The van der Waals surface area contributed by atoms with E-state index >= 15 is 0 Å². The van der Waals surface area contributed by atoms with Gasteiger partial charge in [-0.1, -0.05) is 17.2 Å². The van der Waals surface area contributed by atoms with Crippen molar-refractivity contribution in [3.05, 3.63) is 0 Å². The first kappa shape index (κ1) is 13.5. The number of hydrogen-bond donors (Lipinski definition) is 0. The normalized spacial score (nSPS) is 12.9. The summed E-state index contributed by atoms with van der Waals surface area (Å²) in [5.74, 6) is 0. The summed E-state index contributed by atoms with van der Waals surface area (Å²) < 4.78 is 9.37. The minimum absolute atomic E-state index is 0.238. The summed E-state index contributed by atoms with van der Waals surface area (Å²) in [6.07, 6.45) is -1.63. The van der Waals surface area contributed by atoms with Gasteiger partial charge in [0.25, 0.3) is 0 Å². The van der Waals surface area contributed by atoms with Crippen LogP contribution >= 0.6 is 0 Å². The maximum atomic E-state index is 10.9. The van der Waals surface area contributed by atoms with E-state index in [0.29, 0.717) is 6.42 Å². The molecule has 0 saturated carbocycles. The first-order valence-electron chi connectivity index (χ1n) is 4.78. The van der Waals surface area contributed by atoms with Crippen molar-refractivity contribution in [2.24, 2.45) is 10.2 Å². The number of hydrogen-bond acceptors (Lipinski definition) is 4. The lowest BCUT2D eigenvalue weighted by Crippen LogP contribution is -2.11. The molecule has 6 heteroatoms. The van der Waals surface area contributed by atoms with E-state index in [0.717, 1.165) is 0 Å². The summed E-state index contributed by atoms with van der Waals surface area (Å²) in [5, 5.41) is 6.10. The molecule has 0 aliphatic rings. The highest BCUT2D eigenvalue weighted by Gasteiger charge is 2.08. The van der Waals surface area contributed by atoms with Crippen molar-refractivity contribution in [2.75, 3.05) is 0 Å². The first-order chi connectivity index (χ1) is 6.95. The second-order valence-corrected chi connectivity index (χ2v) is 3.24. The van der Waals surface area contributed by atoms with Gasteiger partial charge in [0.2, 0.25) is 0 Å². The van der Waals surface area contributed by atoms with Gasteiger partial charge in [0.05, 0.1) is 6.10 Å². The third-order valence-electron chi connectivity index (χ3n) is 1.43. The van der Waals surface area contributed by atoms with E-state index in [4.69, 9.17) is 4.74 Å². The van der Waals surface area contributed by atoms with E-state index in [1.807, 2.05) is 6.92 Å². The first-order valence-corrected chi connectivity index (χ1v) is 4.78. The van der Waals surface area contributed by atoms with E-state index in [1.54, 1.807) is 20.8 Å². The summed E-state index contributed by atoms with van der Waals surface area (Å²) in [4.78, 5) is 21.7. The van der Waals surface area contributed by atoms with Crippen molar-refractivity contribution < 1.29 is 19.1 Å². The number of carbonyl (C=O) groups is 2. The summed E-state index contributed by atoms with van der Waals surface area (Å²) >= 11 is 0. The molecule has 0 bridgehead atoms. The lowest BCUT2D eigenvalue weighted by Gasteiger charge is -2.06. The van der Waals surface area contributed by atoms with Crippen LogP contribution < -0.4 is 0 Å². The van der Waals surface area contributed by atoms with E-state index in [-0.39, 0.29) is 12.2 Å². The van der Waals surface area contributed by atoms with Crippen molar-refractivity contribution in [3.63, 3.8) is 0 Å². The maximum Gasteiger partial charge on any atom is 0.452 e. The number of rotatable bonds is 3. The zero-order valence-corrected chi connectivity index (χ0v) is 9.39. The van der Waals surface area contributed by atoms with Crippen LogP contribution in [0.5, 0.6) is 0 Å². The Bertz CT molecular complexity index is 250. The highest BCUT2D eigenvalue weighted by atomic mass is 16.6. The number of azo groups is 1. The molecular formula is C9H16N2O4. The number of amides is 2.